The third-order valence-electron chi connectivity index (χ3n) is 9.97. The van der Waals surface area contributed by atoms with Gasteiger partial charge in [0.15, 0.2) is 0 Å². The van der Waals surface area contributed by atoms with Crippen molar-refractivity contribution in [3.8, 4) is 39.3 Å². The first-order chi connectivity index (χ1) is 24.1. The average Bonchev–Trinajstić information content (AvgIpc) is 3.56. The normalized spacial score (nSPS) is 13.2. The zero-order valence-electron chi connectivity index (χ0n) is 27.6. The maximum Gasteiger partial charge on any atom is 0.145 e. The van der Waals surface area contributed by atoms with Gasteiger partial charge in [0.25, 0.3) is 0 Å². The quantitative estimate of drug-likeness (QED) is 0.189. The van der Waals surface area contributed by atoms with Gasteiger partial charge in [-0.25, -0.2) is 4.98 Å². The smallest absolute Gasteiger partial charge is 0.145 e. The van der Waals surface area contributed by atoms with Crippen molar-refractivity contribution in [1.29, 1.82) is 0 Å². The first-order valence-electron chi connectivity index (χ1n) is 16.9. The van der Waals surface area contributed by atoms with E-state index >= 15 is 0 Å². The topological polar surface area (TPSA) is 21.1 Å². The number of imidazole rings is 1. The summed E-state index contributed by atoms with van der Waals surface area (Å²) in [7, 11) is 0. The fraction of sp³-hybridized carbons (Fsp3) is 0.0652. The van der Waals surface area contributed by atoms with E-state index in [1.54, 1.807) is 0 Å². The number of benzene rings is 7. The zero-order valence-corrected chi connectivity index (χ0v) is 27.6. The lowest BCUT2D eigenvalue weighted by Crippen LogP contribution is -2.30. The summed E-state index contributed by atoms with van der Waals surface area (Å²) in [4.78, 5) is 7.63. The molecule has 0 atom stereocenters. The average molecular weight is 630 g/mol. The van der Waals surface area contributed by atoms with E-state index in [1.165, 1.54) is 44.8 Å². The molecule has 8 aromatic rings. The van der Waals surface area contributed by atoms with Gasteiger partial charge in [0.1, 0.15) is 5.82 Å². The minimum absolute atomic E-state index is 0.240. The van der Waals surface area contributed by atoms with Gasteiger partial charge in [-0.15, -0.1) is 0 Å². The molecule has 7 aromatic carbocycles. The molecule has 0 fully saturated rings. The van der Waals surface area contributed by atoms with Crippen molar-refractivity contribution in [2.24, 2.45) is 0 Å². The van der Waals surface area contributed by atoms with Gasteiger partial charge in [-0.3, -0.25) is 4.57 Å². The van der Waals surface area contributed by atoms with Gasteiger partial charge < -0.3 is 4.90 Å². The lowest BCUT2D eigenvalue weighted by molar-refractivity contribution is 0.632. The first kappa shape index (κ1) is 29.0. The molecule has 49 heavy (non-hydrogen) atoms. The third kappa shape index (κ3) is 4.86. The standard InChI is InChI=1S/C46H35N3/c1-46(2)39-30-34(32-15-6-3-7-16-32)25-27-42(39)48(43-28-26-35(31-40(43)46)33-17-8-4-9-18-33)38-22-14-19-36(29-38)45-47-41-23-12-13-24-44(41)49(45)37-20-10-5-11-21-37/h3-31H,1-2H3. The highest BCUT2D eigenvalue weighted by Gasteiger charge is 2.37. The van der Waals surface area contributed by atoms with Crippen LogP contribution in [0.5, 0.6) is 0 Å². The SMILES string of the molecule is CC1(C)c2cc(-c3ccccc3)ccc2N(c2cccc(-c3nc4ccccc4n3-c3ccccc3)c2)c2ccc(-c3ccccc3)cc21. The van der Waals surface area contributed by atoms with Crippen LogP contribution in [0.1, 0.15) is 25.0 Å². The van der Waals surface area contributed by atoms with Gasteiger partial charge in [0.05, 0.1) is 22.4 Å². The fourth-order valence-electron chi connectivity index (χ4n) is 7.48. The van der Waals surface area contributed by atoms with Gasteiger partial charge in [0, 0.05) is 22.4 Å². The summed E-state index contributed by atoms with van der Waals surface area (Å²) in [6, 6.07) is 63.1. The highest BCUT2D eigenvalue weighted by Crippen LogP contribution is 2.53. The minimum Gasteiger partial charge on any atom is -0.310 e. The maximum absolute atomic E-state index is 5.19. The summed E-state index contributed by atoms with van der Waals surface area (Å²) < 4.78 is 2.27. The predicted octanol–water partition coefficient (Wildman–Crippen LogP) is 12.1. The molecule has 0 N–H and O–H groups in total. The molecule has 3 nitrogen and oxygen atoms in total. The molecule has 0 saturated carbocycles. The van der Waals surface area contributed by atoms with Gasteiger partial charge in [-0.1, -0.05) is 129 Å². The molecule has 1 aromatic heterocycles. The molecule has 0 amide bonds. The van der Waals surface area contributed by atoms with E-state index in [-0.39, 0.29) is 5.41 Å². The zero-order chi connectivity index (χ0) is 33.0. The number of aromatic nitrogens is 2. The number of para-hydroxylation sites is 3. The molecule has 3 heteroatoms. The molecular formula is C46H35N3. The van der Waals surface area contributed by atoms with E-state index in [0.29, 0.717) is 0 Å². The molecule has 0 radical (unpaired) electrons. The Balaban J connectivity index is 1.26. The molecule has 0 saturated heterocycles. The van der Waals surface area contributed by atoms with Crippen molar-refractivity contribution in [2.45, 2.75) is 19.3 Å². The van der Waals surface area contributed by atoms with Crippen LogP contribution in [0, 0.1) is 0 Å². The number of rotatable bonds is 5. The van der Waals surface area contributed by atoms with Gasteiger partial charge in [0.2, 0.25) is 0 Å². The molecule has 1 aliphatic heterocycles. The molecule has 2 heterocycles. The molecule has 0 aliphatic carbocycles. The van der Waals surface area contributed by atoms with E-state index in [2.05, 4.69) is 199 Å². The third-order valence-corrected chi connectivity index (χ3v) is 9.97. The second-order valence-corrected chi connectivity index (χ2v) is 13.3. The van der Waals surface area contributed by atoms with Crippen molar-refractivity contribution < 1.29 is 0 Å². The van der Waals surface area contributed by atoms with Crippen LogP contribution < -0.4 is 4.90 Å². The Morgan fingerprint density at radius 2 is 0.939 bits per heavy atom. The van der Waals surface area contributed by atoms with Gasteiger partial charge in [-0.05, 0) is 94.0 Å². The highest BCUT2D eigenvalue weighted by atomic mass is 15.2. The predicted molar refractivity (Wildman–Crippen MR) is 204 cm³/mol. The van der Waals surface area contributed by atoms with Crippen LogP contribution in [-0.2, 0) is 5.41 Å². The van der Waals surface area contributed by atoms with E-state index < -0.39 is 0 Å². The van der Waals surface area contributed by atoms with Crippen molar-refractivity contribution >= 4 is 28.1 Å². The van der Waals surface area contributed by atoms with Crippen LogP contribution in [0.2, 0.25) is 0 Å². The molecule has 1 aliphatic rings. The van der Waals surface area contributed by atoms with Crippen LogP contribution >= 0.6 is 0 Å². The Morgan fingerprint density at radius 3 is 1.55 bits per heavy atom. The summed E-state index contributed by atoms with van der Waals surface area (Å²) in [6.45, 7) is 4.73. The molecule has 0 unspecified atom stereocenters. The van der Waals surface area contributed by atoms with Gasteiger partial charge >= 0.3 is 0 Å². The van der Waals surface area contributed by atoms with E-state index in [1.807, 2.05) is 0 Å². The minimum atomic E-state index is -0.240. The van der Waals surface area contributed by atoms with E-state index in [0.717, 1.165) is 33.8 Å². The maximum atomic E-state index is 5.19. The number of anilines is 3. The summed E-state index contributed by atoms with van der Waals surface area (Å²) in [5.41, 5.74) is 14.9. The number of fused-ring (bicyclic) bond motifs is 3. The number of nitrogens with zero attached hydrogens (tertiary/aromatic N) is 3. The number of hydrogen-bond acceptors (Lipinski definition) is 2. The van der Waals surface area contributed by atoms with Crippen molar-refractivity contribution in [3.05, 3.63) is 187 Å². The second-order valence-electron chi connectivity index (χ2n) is 13.3. The van der Waals surface area contributed by atoms with Crippen molar-refractivity contribution in [2.75, 3.05) is 4.90 Å². The lowest BCUT2D eigenvalue weighted by atomic mass is 9.72. The molecular weight excluding hydrogens is 595 g/mol. The molecule has 0 spiro atoms. The molecule has 0 bridgehead atoms. The Kier molecular flexibility index (Phi) is 6.80. The largest absolute Gasteiger partial charge is 0.310 e. The Morgan fingerprint density at radius 1 is 0.429 bits per heavy atom. The molecule has 9 rings (SSSR count). The van der Waals surface area contributed by atoms with Gasteiger partial charge in [-0.2, -0.15) is 0 Å². The Bertz CT molecular complexity index is 2370. The number of hydrogen-bond donors (Lipinski definition) is 0. The summed E-state index contributed by atoms with van der Waals surface area (Å²) in [5, 5.41) is 0. The van der Waals surface area contributed by atoms with Crippen molar-refractivity contribution in [1.82, 2.24) is 9.55 Å². The first-order valence-corrected chi connectivity index (χ1v) is 16.9. The van der Waals surface area contributed by atoms with Crippen LogP contribution in [0.15, 0.2) is 176 Å². The Hall–Kier alpha value is -6.19. The van der Waals surface area contributed by atoms with Crippen LogP contribution in [-0.4, -0.2) is 9.55 Å². The highest BCUT2D eigenvalue weighted by molar-refractivity contribution is 5.91. The summed E-state index contributed by atoms with van der Waals surface area (Å²) in [5.74, 6) is 0.922. The fourth-order valence-corrected chi connectivity index (χ4v) is 7.48. The summed E-state index contributed by atoms with van der Waals surface area (Å²) in [6.07, 6.45) is 0. The molecule has 234 valence electrons. The summed E-state index contributed by atoms with van der Waals surface area (Å²) >= 11 is 0. The monoisotopic (exact) mass is 629 g/mol. The van der Waals surface area contributed by atoms with Crippen LogP contribution in [0.3, 0.4) is 0 Å². The van der Waals surface area contributed by atoms with E-state index in [9.17, 15) is 0 Å². The van der Waals surface area contributed by atoms with Crippen LogP contribution in [0.25, 0.3) is 50.4 Å². The lowest BCUT2D eigenvalue weighted by Gasteiger charge is -2.42. The second kappa shape index (κ2) is 11.5. The van der Waals surface area contributed by atoms with Crippen LogP contribution in [0.4, 0.5) is 17.1 Å². The van der Waals surface area contributed by atoms with E-state index in [4.69, 9.17) is 4.98 Å². The van der Waals surface area contributed by atoms with Crippen molar-refractivity contribution in [3.63, 3.8) is 0 Å². The Labute approximate surface area is 287 Å².